The van der Waals surface area contributed by atoms with Crippen LogP contribution in [0.15, 0.2) is 24.3 Å². The van der Waals surface area contributed by atoms with Gasteiger partial charge in [-0.25, -0.2) is 0 Å². The van der Waals surface area contributed by atoms with Crippen molar-refractivity contribution in [2.45, 2.75) is 37.8 Å². The summed E-state index contributed by atoms with van der Waals surface area (Å²) in [5.74, 6) is 0.883. The minimum atomic E-state index is -0.0525. The zero-order valence-electron chi connectivity index (χ0n) is 10.4. The lowest BCUT2D eigenvalue weighted by Gasteiger charge is -2.28. The molecule has 0 aromatic heterocycles. The maximum atomic E-state index is 9.51. The Bertz CT molecular complexity index is 359. The number of hydrogen-bond donors (Lipinski definition) is 2. The topological polar surface area (TPSA) is 41.5 Å². The Balaban J connectivity index is 1.96. The number of aliphatic hydroxyl groups is 1. The van der Waals surface area contributed by atoms with Crippen LogP contribution >= 0.6 is 0 Å². The van der Waals surface area contributed by atoms with E-state index in [9.17, 15) is 5.11 Å². The van der Waals surface area contributed by atoms with Crippen molar-refractivity contribution in [2.75, 3.05) is 13.7 Å². The Morgan fingerprint density at radius 3 is 2.76 bits per heavy atom. The van der Waals surface area contributed by atoms with Gasteiger partial charge in [0.15, 0.2) is 0 Å². The molecule has 1 aromatic rings. The molecule has 3 heteroatoms. The van der Waals surface area contributed by atoms with E-state index in [4.69, 9.17) is 4.74 Å². The maximum absolute atomic E-state index is 9.51. The van der Waals surface area contributed by atoms with Crippen LogP contribution in [0, 0.1) is 0 Å². The van der Waals surface area contributed by atoms with Gasteiger partial charge in [0.2, 0.25) is 0 Å². The van der Waals surface area contributed by atoms with Gasteiger partial charge in [0.1, 0.15) is 5.75 Å². The Labute approximate surface area is 103 Å². The first-order chi connectivity index (χ1) is 8.28. The summed E-state index contributed by atoms with van der Waals surface area (Å²) in [6.07, 6.45) is 4.58. The molecule has 0 bridgehead atoms. The molecule has 0 aliphatic heterocycles. The van der Waals surface area contributed by atoms with Crippen LogP contribution in [-0.4, -0.2) is 24.4 Å². The molecule has 2 rings (SSSR count). The van der Waals surface area contributed by atoms with Gasteiger partial charge in [0.05, 0.1) is 13.7 Å². The minimum absolute atomic E-state index is 0.0525. The normalized spacial score (nSPS) is 18.2. The quantitative estimate of drug-likeness (QED) is 0.821. The molecule has 0 amide bonds. The molecule has 17 heavy (non-hydrogen) atoms. The molecule has 0 saturated heterocycles. The lowest BCUT2D eigenvalue weighted by Crippen LogP contribution is -2.45. The third-order valence-corrected chi connectivity index (χ3v) is 3.66. The number of nitrogens with one attached hydrogen (secondary N) is 1. The predicted octanol–water partition coefficient (Wildman–Crippen LogP) is 2.09. The molecule has 0 spiro atoms. The van der Waals surface area contributed by atoms with Gasteiger partial charge in [0.25, 0.3) is 0 Å². The molecule has 0 atom stereocenters. The van der Waals surface area contributed by atoms with E-state index >= 15 is 0 Å². The molecule has 1 aliphatic rings. The largest absolute Gasteiger partial charge is 0.497 e. The van der Waals surface area contributed by atoms with E-state index in [1.54, 1.807) is 7.11 Å². The van der Waals surface area contributed by atoms with Gasteiger partial charge in [-0.05, 0) is 30.5 Å². The van der Waals surface area contributed by atoms with Gasteiger partial charge in [-0.1, -0.05) is 25.0 Å². The second-order valence-corrected chi connectivity index (χ2v) is 4.85. The van der Waals surface area contributed by atoms with Crippen LogP contribution in [0.3, 0.4) is 0 Å². The third-order valence-electron chi connectivity index (χ3n) is 3.66. The molecule has 0 radical (unpaired) electrons. The second kappa shape index (κ2) is 5.52. The number of benzene rings is 1. The fourth-order valence-electron chi connectivity index (χ4n) is 2.51. The van der Waals surface area contributed by atoms with Crippen molar-refractivity contribution < 1.29 is 9.84 Å². The monoisotopic (exact) mass is 235 g/mol. The summed E-state index contributed by atoms with van der Waals surface area (Å²) in [7, 11) is 1.68. The number of ether oxygens (including phenoxy) is 1. The van der Waals surface area contributed by atoms with Crippen LogP contribution in [0.2, 0.25) is 0 Å². The number of methoxy groups -OCH3 is 1. The summed E-state index contributed by atoms with van der Waals surface area (Å²) >= 11 is 0. The fraction of sp³-hybridized carbons (Fsp3) is 0.571. The summed E-state index contributed by atoms with van der Waals surface area (Å²) in [4.78, 5) is 0. The fourth-order valence-corrected chi connectivity index (χ4v) is 2.51. The lowest BCUT2D eigenvalue weighted by atomic mass is 9.98. The summed E-state index contributed by atoms with van der Waals surface area (Å²) in [6, 6.07) is 8.06. The highest BCUT2D eigenvalue weighted by molar-refractivity contribution is 5.28. The van der Waals surface area contributed by atoms with Gasteiger partial charge in [-0.3, -0.25) is 0 Å². The van der Waals surface area contributed by atoms with Gasteiger partial charge in [0, 0.05) is 12.1 Å². The van der Waals surface area contributed by atoms with Gasteiger partial charge in [-0.15, -0.1) is 0 Å². The number of aliphatic hydroxyl groups excluding tert-OH is 1. The highest BCUT2D eigenvalue weighted by Gasteiger charge is 2.32. The molecule has 0 unspecified atom stereocenters. The molecule has 1 aliphatic carbocycles. The molecule has 3 nitrogen and oxygen atoms in total. The second-order valence-electron chi connectivity index (χ2n) is 4.85. The summed E-state index contributed by atoms with van der Waals surface area (Å²) < 4.78 is 5.20. The van der Waals surface area contributed by atoms with Crippen LogP contribution in [-0.2, 0) is 6.54 Å². The number of hydrogen-bond acceptors (Lipinski definition) is 3. The van der Waals surface area contributed by atoms with Crippen molar-refractivity contribution >= 4 is 0 Å². The first kappa shape index (κ1) is 12.4. The predicted molar refractivity (Wildman–Crippen MR) is 68.1 cm³/mol. The molecule has 1 saturated carbocycles. The van der Waals surface area contributed by atoms with Crippen molar-refractivity contribution in [3.05, 3.63) is 29.8 Å². The average molecular weight is 235 g/mol. The summed E-state index contributed by atoms with van der Waals surface area (Å²) in [5, 5.41) is 13.0. The highest BCUT2D eigenvalue weighted by Crippen LogP contribution is 2.29. The zero-order chi connectivity index (χ0) is 12.1. The SMILES string of the molecule is COc1cccc(CNC2(CO)CCCC2)c1. The van der Waals surface area contributed by atoms with Crippen molar-refractivity contribution in [3.63, 3.8) is 0 Å². The molecule has 1 aromatic carbocycles. The van der Waals surface area contributed by atoms with E-state index in [1.807, 2.05) is 18.2 Å². The smallest absolute Gasteiger partial charge is 0.119 e. The summed E-state index contributed by atoms with van der Waals surface area (Å²) in [6.45, 7) is 1.02. The van der Waals surface area contributed by atoms with E-state index in [2.05, 4.69) is 11.4 Å². The molecular weight excluding hydrogens is 214 g/mol. The Morgan fingerprint density at radius 1 is 1.35 bits per heavy atom. The van der Waals surface area contributed by atoms with E-state index in [-0.39, 0.29) is 12.1 Å². The van der Waals surface area contributed by atoms with E-state index in [1.165, 1.54) is 18.4 Å². The van der Waals surface area contributed by atoms with E-state index in [0.717, 1.165) is 25.1 Å². The highest BCUT2D eigenvalue weighted by atomic mass is 16.5. The molecule has 0 heterocycles. The van der Waals surface area contributed by atoms with Crippen LogP contribution < -0.4 is 10.1 Å². The Kier molecular flexibility index (Phi) is 4.02. The molecular formula is C14H21NO2. The zero-order valence-corrected chi connectivity index (χ0v) is 10.4. The van der Waals surface area contributed by atoms with Crippen LogP contribution in [0.1, 0.15) is 31.2 Å². The number of rotatable bonds is 5. The van der Waals surface area contributed by atoms with Crippen molar-refractivity contribution in [1.29, 1.82) is 0 Å². The molecule has 2 N–H and O–H groups in total. The van der Waals surface area contributed by atoms with Crippen molar-refractivity contribution in [3.8, 4) is 5.75 Å². The molecule has 94 valence electrons. The van der Waals surface area contributed by atoms with Crippen LogP contribution in [0.25, 0.3) is 0 Å². The van der Waals surface area contributed by atoms with E-state index < -0.39 is 0 Å². The third kappa shape index (κ3) is 2.99. The van der Waals surface area contributed by atoms with Gasteiger partial charge in [-0.2, -0.15) is 0 Å². The maximum Gasteiger partial charge on any atom is 0.119 e. The molecule has 1 fully saturated rings. The Hall–Kier alpha value is -1.06. The van der Waals surface area contributed by atoms with Crippen molar-refractivity contribution in [2.24, 2.45) is 0 Å². The summed E-state index contributed by atoms with van der Waals surface area (Å²) in [5.41, 5.74) is 1.15. The van der Waals surface area contributed by atoms with E-state index in [0.29, 0.717) is 0 Å². The Morgan fingerprint density at radius 2 is 2.12 bits per heavy atom. The van der Waals surface area contributed by atoms with Gasteiger partial charge < -0.3 is 15.2 Å². The van der Waals surface area contributed by atoms with Crippen LogP contribution in [0.4, 0.5) is 0 Å². The van der Waals surface area contributed by atoms with Gasteiger partial charge >= 0.3 is 0 Å². The van der Waals surface area contributed by atoms with Crippen molar-refractivity contribution in [1.82, 2.24) is 5.32 Å². The standard InChI is InChI=1S/C14H21NO2/c1-17-13-6-4-5-12(9-13)10-15-14(11-16)7-2-3-8-14/h4-6,9,15-16H,2-3,7-8,10-11H2,1H3. The lowest BCUT2D eigenvalue weighted by molar-refractivity contribution is 0.163. The van der Waals surface area contributed by atoms with Crippen LogP contribution in [0.5, 0.6) is 5.75 Å². The minimum Gasteiger partial charge on any atom is -0.497 e. The first-order valence-corrected chi connectivity index (χ1v) is 6.27. The first-order valence-electron chi connectivity index (χ1n) is 6.27. The average Bonchev–Trinajstić information content (AvgIpc) is 2.86.